The number of hydrogen-bond donors (Lipinski definition) is 1. The van der Waals surface area contributed by atoms with E-state index in [9.17, 15) is 14.7 Å². The van der Waals surface area contributed by atoms with Crippen LogP contribution in [0.3, 0.4) is 0 Å². The molecule has 1 amide bonds. The second-order valence-corrected chi connectivity index (χ2v) is 9.32. The topological polar surface area (TPSA) is 85.3 Å². The summed E-state index contributed by atoms with van der Waals surface area (Å²) in [7, 11) is 1.57. The van der Waals surface area contributed by atoms with Gasteiger partial charge < -0.3 is 24.2 Å². The number of nitrogens with zero attached hydrogens (tertiary/aromatic N) is 1. The number of aliphatic hydroxyl groups is 1. The first kappa shape index (κ1) is 23.4. The SMILES string of the molecule is COc1cc(C2C3=C(OC4CCCCC4C3=O)C(=O)N2CCCO)ccc1OCc1ccccc1. The summed E-state index contributed by atoms with van der Waals surface area (Å²) in [5, 5.41) is 9.43. The average molecular weight is 478 g/mol. The van der Waals surface area contributed by atoms with Gasteiger partial charge in [0.2, 0.25) is 0 Å². The molecule has 0 aromatic heterocycles. The zero-order valence-electron chi connectivity index (χ0n) is 19.9. The summed E-state index contributed by atoms with van der Waals surface area (Å²) < 4.78 is 17.8. The van der Waals surface area contributed by atoms with Crippen molar-refractivity contribution >= 4 is 11.7 Å². The van der Waals surface area contributed by atoms with Gasteiger partial charge in [-0.15, -0.1) is 0 Å². The highest BCUT2D eigenvalue weighted by Gasteiger charge is 2.51. The Bertz CT molecular complexity index is 1130. The second-order valence-electron chi connectivity index (χ2n) is 9.32. The molecule has 1 aliphatic carbocycles. The molecular formula is C28H31NO6. The van der Waals surface area contributed by atoms with Gasteiger partial charge in [-0.3, -0.25) is 9.59 Å². The fourth-order valence-electron chi connectivity index (χ4n) is 5.42. The molecule has 0 spiro atoms. The third-order valence-electron chi connectivity index (χ3n) is 7.16. The Labute approximate surface area is 205 Å². The molecule has 1 N–H and O–H groups in total. The van der Waals surface area contributed by atoms with Crippen molar-refractivity contribution in [2.45, 2.75) is 50.9 Å². The predicted molar refractivity (Wildman–Crippen MR) is 129 cm³/mol. The van der Waals surface area contributed by atoms with Crippen LogP contribution >= 0.6 is 0 Å². The van der Waals surface area contributed by atoms with Crippen LogP contribution in [0.5, 0.6) is 11.5 Å². The summed E-state index contributed by atoms with van der Waals surface area (Å²) in [6.07, 6.45) is 3.77. The van der Waals surface area contributed by atoms with E-state index in [2.05, 4.69) is 0 Å². The standard InChI is InChI=1S/C28H31NO6/c1-33-23-16-19(12-13-22(23)34-17-18-8-3-2-4-9-18)25-24-26(31)20-10-5-6-11-21(20)35-27(24)28(32)29(25)14-7-15-30/h2-4,8-9,12-13,16,20-21,25,30H,5-7,10-11,14-15,17H2,1H3. The van der Waals surface area contributed by atoms with Gasteiger partial charge in [0.05, 0.1) is 24.6 Å². The average Bonchev–Trinajstić information content (AvgIpc) is 3.18. The fraction of sp³-hybridized carbons (Fsp3) is 0.429. The molecule has 3 unspecified atom stereocenters. The van der Waals surface area contributed by atoms with Crippen LogP contribution in [0.15, 0.2) is 59.9 Å². The van der Waals surface area contributed by atoms with Gasteiger partial charge in [-0.05, 0) is 48.9 Å². The van der Waals surface area contributed by atoms with Crippen LogP contribution in [-0.2, 0) is 20.9 Å². The number of fused-ring (bicyclic) bond motifs is 1. The van der Waals surface area contributed by atoms with Crippen LogP contribution < -0.4 is 9.47 Å². The van der Waals surface area contributed by atoms with E-state index in [1.165, 1.54) is 0 Å². The van der Waals surface area contributed by atoms with Gasteiger partial charge >= 0.3 is 0 Å². The summed E-state index contributed by atoms with van der Waals surface area (Å²) in [5.74, 6) is 0.833. The number of Topliss-reactive ketones (excluding diaryl/α,β-unsaturated/α-hetero) is 1. The third-order valence-corrected chi connectivity index (χ3v) is 7.16. The molecule has 0 radical (unpaired) electrons. The van der Waals surface area contributed by atoms with Gasteiger partial charge in [0.1, 0.15) is 12.7 Å². The fourth-order valence-corrected chi connectivity index (χ4v) is 5.42. The van der Waals surface area contributed by atoms with E-state index in [0.717, 1.165) is 36.8 Å². The summed E-state index contributed by atoms with van der Waals surface area (Å²) in [5.41, 5.74) is 2.24. The zero-order chi connectivity index (χ0) is 24.4. The molecule has 2 aromatic carbocycles. The molecule has 0 bridgehead atoms. The van der Waals surface area contributed by atoms with Gasteiger partial charge in [-0.2, -0.15) is 0 Å². The number of hydrogen-bond acceptors (Lipinski definition) is 6. The lowest BCUT2D eigenvalue weighted by molar-refractivity contribution is -0.135. The second kappa shape index (κ2) is 10.1. The summed E-state index contributed by atoms with van der Waals surface area (Å²) >= 11 is 0. The number of rotatable bonds is 8. The molecule has 2 aliphatic heterocycles. The first-order valence-corrected chi connectivity index (χ1v) is 12.3. The smallest absolute Gasteiger partial charge is 0.290 e. The number of carbonyl (C=O) groups is 2. The van der Waals surface area contributed by atoms with Crippen LogP contribution in [0.25, 0.3) is 0 Å². The summed E-state index contributed by atoms with van der Waals surface area (Å²) in [6.45, 7) is 0.677. The maximum atomic E-state index is 13.6. The number of benzene rings is 2. The van der Waals surface area contributed by atoms with Crippen molar-refractivity contribution in [3.05, 3.63) is 71.0 Å². The van der Waals surface area contributed by atoms with Crippen molar-refractivity contribution in [3.63, 3.8) is 0 Å². The van der Waals surface area contributed by atoms with Crippen molar-refractivity contribution < 1.29 is 28.9 Å². The highest BCUT2D eigenvalue weighted by Crippen LogP contribution is 2.47. The Hall–Kier alpha value is -3.32. The summed E-state index contributed by atoms with van der Waals surface area (Å²) in [6, 6.07) is 14.8. The number of carbonyl (C=O) groups excluding carboxylic acids is 2. The minimum absolute atomic E-state index is 0.0177. The molecule has 5 rings (SSSR count). The number of ketones is 1. The quantitative estimate of drug-likeness (QED) is 0.620. The number of amides is 1. The van der Waals surface area contributed by atoms with Crippen molar-refractivity contribution in [2.75, 3.05) is 20.3 Å². The highest BCUT2D eigenvalue weighted by molar-refractivity contribution is 6.11. The minimum atomic E-state index is -0.573. The molecule has 184 valence electrons. The first-order valence-electron chi connectivity index (χ1n) is 12.3. The predicted octanol–water partition coefficient (Wildman–Crippen LogP) is 3.95. The van der Waals surface area contributed by atoms with Gasteiger partial charge in [0.25, 0.3) is 5.91 Å². The number of ether oxygens (including phenoxy) is 3. The molecule has 1 saturated carbocycles. The molecule has 2 aromatic rings. The molecule has 3 atom stereocenters. The molecule has 2 heterocycles. The van der Waals surface area contributed by atoms with E-state index in [-0.39, 0.29) is 36.1 Å². The van der Waals surface area contributed by atoms with Crippen LogP contribution in [0.2, 0.25) is 0 Å². The molecule has 7 heteroatoms. The van der Waals surface area contributed by atoms with E-state index >= 15 is 0 Å². The highest BCUT2D eigenvalue weighted by atomic mass is 16.5. The minimum Gasteiger partial charge on any atom is -0.493 e. The lowest BCUT2D eigenvalue weighted by Crippen LogP contribution is -2.39. The van der Waals surface area contributed by atoms with Crippen LogP contribution in [0.4, 0.5) is 0 Å². The third kappa shape index (κ3) is 4.41. The zero-order valence-corrected chi connectivity index (χ0v) is 19.9. The molecule has 7 nitrogen and oxygen atoms in total. The van der Waals surface area contributed by atoms with Gasteiger partial charge in [-0.25, -0.2) is 0 Å². The maximum absolute atomic E-state index is 13.6. The Balaban J connectivity index is 1.48. The van der Waals surface area contributed by atoms with Crippen molar-refractivity contribution in [3.8, 4) is 11.5 Å². The lowest BCUT2D eigenvalue weighted by atomic mass is 9.77. The monoisotopic (exact) mass is 477 g/mol. The van der Waals surface area contributed by atoms with E-state index in [0.29, 0.717) is 36.6 Å². The van der Waals surface area contributed by atoms with Crippen LogP contribution in [0.1, 0.15) is 49.3 Å². The molecule has 0 saturated heterocycles. The van der Waals surface area contributed by atoms with Gasteiger partial charge in [0.15, 0.2) is 23.0 Å². The van der Waals surface area contributed by atoms with Crippen LogP contribution in [0, 0.1) is 5.92 Å². The van der Waals surface area contributed by atoms with Gasteiger partial charge in [0, 0.05) is 13.2 Å². The van der Waals surface area contributed by atoms with Crippen molar-refractivity contribution in [1.29, 1.82) is 0 Å². The number of methoxy groups -OCH3 is 1. The summed E-state index contributed by atoms with van der Waals surface area (Å²) in [4.78, 5) is 28.7. The number of aliphatic hydroxyl groups excluding tert-OH is 1. The van der Waals surface area contributed by atoms with Crippen molar-refractivity contribution in [2.24, 2.45) is 5.92 Å². The maximum Gasteiger partial charge on any atom is 0.290 e. The Morgan fingerprint density at radius 2 is 1.86 bits per heavy atom. The van der Waals surface area contributed by atoms with Gasteiger partial charge in [-0.1, -0.05) is 42.8 Å². The van der Waals surface area contributed by atoms with E-state index in [1.807, 2.05) is 48.5 Å². The Kier molecular flexibility index (Phi) is 6.77. The lowest BCUT2D eigenvalue weighted by Gasteiger charge is -2.35. The Morgan fingerprint density at radius 3 is 2.63 bits per heavy atom. The van der Waals surface area contributed by atoms with E-state index in [1.54, 1.807) is 12.0 Å². The van der Waals surface area contributed by atoms with Crippen molar-refractivity contribution in [1.82, 2.24) is 4.90 Å². The van der Waals surface area contributed by atoms with E-state index < -0.39 is 6.04 Å². The van der Waals surface area contributed by atoms with Crippen LogP contribution in [-0.4, -0.2) is 48.1 Å². The molecule has 35 heavy (non-hydrogen) atoms. The largest absolute Gasteiger partial charge is 0.493 e. The normalized spacial score (nSPS) is 23.6. The Morgan fingerprint density at radius 1 is 1.06 bits per heavy atom. The first-order chi connectivity index (χ1) is 17.1. The molecular weight excluding hydrogens is 446 g/mol. The molecule has 1 fully saturated rings. The van der Waals surface area contributed by atoms with E-state index in [4.69, 9.17) is 14.2 Å². The molecule has 3 aliphatic rings.